The molecule has 0 unspecified atom stereocenters. The predicted octanol–water partition coefficient (Wildman–Crippen LogP) is 8.47. The Balaban J connectivity index is 1.91. The summed E-state index contributed by atoms with van der Waals surface area (Å²) in [5, 5.41) is 1.76. The summed E-state index contributed by atoms with van der Waals surface area (Å²) in [6, 6.07) is 15.3. The van der Waals surface area contributed by atoms with E-state index in [0.717, 1.165) is 10.5 Å². The van der Waals surface area contributed by atoms with Gasteiger partial charge in [-0.3, -0.25) is 0 Å². The maximum Gasteiger partial charge on any atom is 0.419 e. The van der Waals surface area contributed by atoms with Crippen molar-refractivity contribution in [1.82, 2.24) is 8.87 Å². The van der Waals surface area contributed by atoms with Crippen molar-refractivity contribution in [1.29, 1.82) is 0 Å². The Labute approximate surface area is 259 Å². The number of carbonyl (C=O) groups excluding carboxylic acids is 2. The fourth-order valence-electron chi connectivity index (χ4n) is 4.50. The van der Waals surface area contributed by atoms with Crippen LogP contribution in [-0.4, -0.2) is 47.2 Å². The summed E-state index contributed by atoms with van der Waals surface area (Å²) in [4.78, 5) is 27.3. The summed E-state index contributed by atoms with van der Waals surface area (Å²) in [5.41, 5.74) is 0.654. The van der Waals surface area contributed by atoms with Gasteiger partial charge in [-0.15, -0.1) is 0 Å². The van der Waals surface area contributed by atoms with Crippen molar-refractivity contribution in [2.75, 3.05) is 6.54 Å². The maximum atomic E-state index is 14.2. The molecule has 0 aliphatic carbocycles. The number of halogens is 2. The highest BCUT2D eigenvalue weighted by molar-refractivity contribution is 9.10. The highest BCUT2D eigenvalue weighted by Crippen LogP contribution is 2.38. The number of benzene rings is 3. The van der Waals surface area contributed by atoms with Crippen LogP contribution in [0.3, 0.4) is 0 Å². The smallest absolute Gasteiger partial charge is 0.419 e. The molecular weight excluding hydrogens is 644 g/mol. The Kier molecular flexibility index (Phi) is 8.75. The number of fused-ring (bicyclic) bond motifs is 3. The molecule has 1 heterocycles. The minimum absolute atomic E-state index is 0.101. The third-order valence-corrected chi connectivity index (χ3v) is 8.97. The number of aromatic nitrogens is 1. The first-order valence-corrected chi connectivity index (χ1v) is 16.0. The van der Waals surface area contributed by atoms with Crippen LogP contribution in [0.15, 0.2) is 64.0 Å². The number of hydrogen-bond donors (Lipinski definition) is 0. The second kappa shape index (κ2) is 11.5. The molecule has 4 aromatic rings. The van der Waals surface area contributed by atoms with Gasteiger partial charge in [-0.25, -0.2) is 26.9 Å². The molecule has 2 amide bonds. The van der Waals surface area contributed by atoms with Crippen LogP contribution in [0.4, 0.5) is 9.59 Å². The predicted molar refractivity (Wildman–Crippen MR) is 169 cm³/mol. The molecule has 4 rings (SSSR count). The summed E-state index contributed by atoms with van der Waals surface area (Å²) in [6.45, 7) is 12.0. The molecule has 0 bridgehead atoms. The number of amides is 2. The highest BCUT2D eigenvalue weighted by atomic mass is 79.9. The lowest BCUT2D eigenvalue weighted by molar-refractivity contribution is 0.00170. The largest absolute Gasteiger partial charge is 0.443 e. The minimum Gasteiger partial charge on any atom is -0.443 e. The van der Waals surface area contributed by atoms with Crippen LogP contribution in [0.25, 0.3) is 21.8 Å². The molecule has 224 valence electrons. The lowest BCUT2D eigenvalue weighted by Crippen LogP contribution is -2.44. The number of hydrogen-bond acceptors (Lipinski definition) is 6. The van der Waals surface area contributed by atoms with Crippen molar-refractivity contribution in [3.05, 3.63) is 75.2 Å². The molecule has 42 heavy (non-hydrogen) atoms. The average Bonchev–Trinajstić information content (AvgIpc) is 3.17. The molecular formula is C31H34BrClN2O6S. The van der Waals surface area contributed by atoms with Crippen molar-refractivity contribution in [2.45, 2.75) is 71.0 Å². The van der Waals surface area contributed by atoms with Crippen molar-refractivity contribution in [3.63, 3.8) is 0 Å². The molecule has 0 fully saturated rings. The van der Waals surface area contributed by atoms with Gasteiger partial charge in [0.05, 0.1) is 15.9 Å². The fourth-order valence-corrected chi connectivity index (χ4v) is 6.75. The topological polar surface area (TPSA) is 94.9 Å². The third-order valence-electron chi connectivity index (χ3n) is 6.27. The molecule has 0 atom stereocenters. The number of imide groups is 1. The second-order valence-electron chi connectivity index (χ2n) is 12.0. The van der Waals surface area contributed by atoms with Crippen LogP contribution in [0.2, 0.25) is 5.02 Å². The quantitative estimate of drug-likeness (QED) is 0.210. The van der Waals surface area contributed by atoms with Crippen molar-refractivity contribution in [2.24, 2.45) is 0 Å². The molecule has 3 aromatic carbocycles. The van der Waals surface area contributed by atoms with E-state index >= 15 is 0 Å². The lowest BCUT2D eigenvalue weighted by atomic mass is 10.1. The summed E-state index contributed by atoms with van der Waals surface area (Å²) in [5.74, 6) is 0. The number of ether oxygens (including phenoxy) is 2. The van der Waals surface area contributed by atoms with Gasteiger partial charge in [-0.05, 0) is 96.8 Å². The van der Waals surface area contributed by atoms with Gasteiger partial charge in [0, 0.05) is 26.8 Å². The first-order valence-electron chi connectivity index (χ1n) is 13.4. The second-order valence-corrected chi connectivity index (χ2v) is 15.1. The van der Waals surface area contributed by atoms with Gasteiger partial charge in [0.2, 0.25) is 0 Å². The van der Waals surface area contributed by atoms with Gasteiger partial charge < -0.3 is 9.47 Å². The molecule has 0 aliphatic rings. The molecule has 0 saturated heterocycles. The standard InChI is InChI=1S/C31H34BrClN2O6S/c1-19-8-11-21(12-9-19)42(38,39)35-26-15-10-20(33)18-24(26)22-13-14-25(32)23(27(22)35)16-17-34(28(36)40-30(2,3)4)29(37)41-31(5,6)7/h8-15,18H,16-17H2,1-7H3. The van der Waals surface area contributed by atoms with Gasteiger partial charge in [-0.2, -0.15) is 0 Å². The van der Waals surface area contributed by atoms with Crippen molar-refractivity contribution >= 4 is 71.5 Å². The normalized spacial score (nSPS) is 12.5. The van der Waals surface area contributed by atoms with E-state index in [1.807, 2.05) is 19.1 Å². The Morgan fingerprint density at radius 1 is 0.881 bits per heavy atom. The number of nitrogens with zero attached hydrogens (tertiary/aromatic N) is 2. The van der Waals surface area contributed by atoms with E-state index in [9.17, 15) is 18.0 Å². The molecule has 0 N–H and O–H groups in total. The van der Waals surface area contributed by atoms with E-state index in [1.54, 1.807) is 84.0 Å². The number of carbonyl (C=O) groups is 2. The van der Waals surface area contributed by atoms with Crippen LogP contribution in [-0.2, 0) is 25.9 Å². The third kappa shape index (κ3) is 6.76. The molecule has 0 aliphatic heterocycles. The zero-order chi connectivity index (χ0) is 31.2. The van der Waals surface area contributed by atoms with Gasteiger partial charge in [0.15, 0.2) is 0 Å². The highest BCUT2D eigenvalue weighted by Gasteiger charge is 2.32. The average molecular weight is 678 g/mol. The Morgan fingerprint density at radius 3 is 2.00 bits per heavy atom. The van der Waals surface area contributed by atoms with Gasteiger partial charge in [0.25, 0.3) is 10.0 Å². The van der Waals surface area contributed by atoms with Gasteiger partial charge >= 0.3 is 12.2 Å². The SMILES string of the molecule is Cc1ccc(S(=O)(=O)n2c3ccc(Cl)cc3c3ccc(Br)c(CCN(C(=O)OC(C)(C)C)C(=O)OC(C)(C)C)c32)cc1. The van der Waals surface area contributed by atoms with E-state index in [2.05, 4.69) is 15.9 Å². The zero-order valence-electron chi connectivity index (χ0n) is 24.6. The van der Waals surface area contributed by atoms with E-state index in [0.29, 0.717) is 36.9 Å². The van der Waals surface area contributed by atoms with E-state index in [4.69, 9.17) is 21.1 Å². The molecule has 1 aromatic heterocycles. The number of rotatable bonds is 5. The summed E-state index contributed by atoms with van der Waals surface area (Å²) in [6.07, 6.45) is -1.62. The van der Waals surface area contributed by atoms with Crippen LogP contribution in [0, 0.1) is 6.92 Å². The van der Waals surface area contributed by atoms with E-state index in [-0.39, 0.29) is 17.9 Å². The zero-order valence-corrected chi connectivity index (χ0v) is 27.8. The van der Waals surface area contributed by atoms with Crippen molar-refractivity contribution in [3.8, 4) is 0 Å². The molecule has 0 radical (unpaired) electrons. The van der Waals surface area contributed by atoms with Crippen molar-refractivity contribution < 1.29 is 27.5 Å². The maximum absolute atomic E-state index is 14.2. The Bertz CT molecular complexity index is 1760. The Hall–Kier alpha value is -3.08. The van der Waals surface area contributed by atoms with E-state index in [1.165, 1.54) is 3.97 Å². The molecule has 0 saturated carbocycles. The van der Waals surface area contributed by atoms with Gasteiger partial charge in [-0.1, -0.05) is 51.3 Å². The van der Waals surface area contributed by atoms with E-state index < -0.39 is 33.4 Å². The number of aryl methyl sites for hydroxylation is 1. The van der Waals surface area contributed by atoms with Crippen LogP contribution < -0.4 is 0 Å². The van der Waals surface area contributed by atoms with Crippen LogP contribution >= 0.6 is 27.5 Å². The minimum atomic E-state index is -4.08. The fraction of sp³-hybridized carbons (Fsp3) is 0.355. The summed E-state index contributed by atoms with van der Waals surface area (Å²) in [7, 11) is -4.08. The molecule has 0 spiro atoms. The van der Waals surface area contributed by atoms with Gasteiger partial charge in [0.1, 0.15) is 11.2 Å². The first-order chi connectivity index (χ1) is 19.4. The monoisotopic (exact) mass is 676 g/mol. The Morgan fingerprint density at radius 2 is 1.45 bits per heavy atom. The van der Waals surface area contributed by atoms with Crippen LogP contribution in [0.5, 0.6) is 0 Å². The molecule has 8 nitrogen and oxygen atoms in total. The molecule has 11 heteroatoms. The van der Waals surface area contributed by atoms with Crippen LogP contribution in [0.1, 0.15) is 52.7 Å². The summed E-state index contributed by atoms with van der Waals surface area (Å²) >= 11 is 9.94. The first kappa shape index (κ1) is 31.8. The lowest BCUT2D eigenvalue weighted by Gasteiger charge is -2.28. The summed E-state index contributed by atoms with van der Waals surface area (Å²) < 4.78 is 41.3.